The first-order chi connectivity index (χ1) is 10.1. The molecule has 3 nitrogen and oxygen atoms in total. The van der Waals surface area contributed by atoms with Gasteiger partial charge in [-0.15, -0.1) is 11.8 Å². The Hall–Kier alpha value is -1.94. The second-order valence-corrected chi connectivity index (χ2v) is 5.44. The summed E-state index contributed by atoms with van der Waals surface area (Å²) in [5, 5.41) is 0. The van der Waals surface area contributed by atoms with E-state index in [0.717, 1.165) is 5.56 Å². The molecule has 0 aliphatic heterocycles. The van der Waals surface area contributed by atoms with Gasteiger partial charge in [-0.3, -0.25) is 4.79 Å². The van der Waals surface area contributed by atoms with Gasteiger partial charge in [0.25, 0.3) is 0 Å². The summed E-state index contributed by atoms with van der Waals surface area (Å²) in [6.07, 6.45) is 2.05. The van der Waals surface area contributed by atoms with Crippen molar-refractivity contribution >= 4 is 17.5 Å². The van der Waals surface area contributed by atoms with E-state index in [2.05, 4.69) is 12.1 Å². The smallest absolute Gasteiger partial charge is 0.161 e. The van der Waals surface area contributed by atoms with Gasteiger partial charge in [0.05, 0.1) is 7.11 Å². The maximum Gasteiger partial charge on any atom is 0.161 e. The van der Waals surface area contributed by atoms with Gasteiger partial charge in [-0.2, -0.15) is 0 Å². The van der Waals surface area contributed by atoms with E-state index in [-0.39, 0.29) is 5.78 Å². The Morgan fingerprint density at radius 2 is 1.81 bits per heavy atom. The minimum Gasteiger partial charge on any atom is -0.493 e. The number of hydrogen-bond donors (Lipinski definition) is 0. The van der Waals surface area contributed by atoms with Crippen LogP contribution in [-0.4, -0.2) is 19.1 Å². The first-order valence-electron chi connectivity index (χ1n) is 6.58. The van der Waals surface area contributed by atoms with Crippen LogP contribution in [0.5, 0.6) is 11.5 Å². The molecule has 0 N–H and O–H groups in total. The van der Waals surface area contributed by atoms with Crippen LogP contribution >= 0.6 is 11.8 Å². The van der Waals surface area contributed by atoms with Crippen LogP contribution in [0, 0.1) is 0 Å². The average Bonchev–Trinajstić information content (AvgIpc) is 2.53. The summed E-state index contributed by atoms with van der Waals surface area (Å²) in [5.74, 6) is 1.22. The van der Waals surface area contributed by atoms with Crippen LogP contribution in [-0.2, 0) is 6.61 Å². The van der Waals surface area contributed by atoms with Crippen LogP contribution in [0.25, 0.3) is 0 Å². The highest BCUT2D eigenvalue weighted by atomic mass is 32.2. The maximum absolute atomic E-state index is 11.4. The number of thioether (sulfide) groups is 1. The van der Waals surface area contributed by atoms with Crippen molar-refractivity contribution in [1.29, 1.82) is 0 Å². The molecule has 4 heteroatoms. The quantitative estimate of drug-likeness (QED) is 0.592. The molecule has 2 aromatic rings. The Bertz CT molecular complexity index is 620. The molecule has 0 radical (unpaired) electrons. The summed E-state index contributed by atoms with van der Waals surface area (Å²) in [6, 6.07) is 13.4. The van der Waals surface area contributed by atoms with Crippen molar-refractivity contribution in [2.45, 2.75) is 18.4 Å². The molecule has 2 aromatic carbocycles. The lowest BCUT2D eigenvalue weighted by atomic mass is 10.1. The number of carbonyl (C=O) groups excluding carboxylic acids is 1. The standard InChI is InChI=1S/C17H18O3S/c1-12(18)14-6-9-16(17(10-14)19-2)20-11-13-4-7-15(21-3)8-5-13/h4-10H,11H2,1-3H3. The number of rotatable bonds is 6. The van der Waals surface area contributed by atoms with Crippen molar-refractivity contribution in [1.82, 2.24) is 0 Å². The van der Waals surface area contributed by atoms with Gasteiger partial charge in [-0.25, -0.2) is 0 Å². The number of hydrogen-bond acceptors (Lipinski definition) is 4. The van der Waals surface area contributed by atoms with Crippen LogP contribution in [0.15, 0.2) is 47.4 Å². The number of benzene rings is 2. The first-order valence-corrected chi connectivity index (χ1v) is 7.81. The normalized spacial score (nSPS) is 10.2. The summed E-state index contributed by atoms with van der Waals surface area (Å²) >= 11 is 1.71. The highest BCUT2D eigenvalue weighted by Gasteiger charge is 2.08. The summed E-state index contributed by atoms with van der Waals surface area (Å²) in [4.78, 5) is 12.6. The van der Waals surface area contributed by atoms with E-state index in [1.54, 1.807) is 37.1 Å². The lowest BCUT2D eigenvalue weighted by Gasteiger charge is -2.11. The van der Waals surface area contributed by atoms with Crippen molar-refractivity contribution in [2.24, 2.45) is 0 Å². The molecule has 0 saturated carbocycles. The van der Waals surface area contributed by atoms with E-state index in [1.165, 1.54) is 11.8 Å². The molecule has 0 aliphatic carbocycles. The fourth-order valence-electron chi connectivity index (χ4n) is 1.89. The van der Waals surface area contributed by atoms with Gasteiger partial charge in [0.1, 0.15) is 6.61 Å². The van der Waals surface area contributed by atoms with Gasteiger partial charge in [-0.05, 0) is 49.1 Å². The first kappa shape index (κ1) is 15.4. The Morgan fingerprint density at radius 1 is 1.10 bits per heavy atom. The molecule has 110 valence electrons. The van der Waals surface area contributed by atoms with Crippen LogP contribution in [0.2, 0.25) is 0 Å². The molecule has 0 atom stereocenters. The second kappa shape index (κ2) is 7.18. The lowest BCUT2D eigenvalue weighted by molar-refractivity contribution is 0.101. The monoisotopic (exact) mass is 302 g/mol. The molecule has 0 heterocycles. The van der Waals surface area contributed by atoms with Crippen molar-refractivity contribution in [3.63, 3.8) is 0 Å². The van der Waals surface area contributed by atoms with Gasteiger partial charge in [0, 0.05) is 10.5 Å². The molecule has 0 aromatic heterocycles. The third kappa shape index (κ3) is 4.02. The molecular weight excluding hydrogens is 284 g/mol. The fourth-order valence-corrected chi connectivity index (χ4v) is 2.30. The molecular formula is C17H18O3S. The predicted molar refractivity (Wildman–Crippen MR) is 85.6 cm³/mol. The van der Waals surface area contributed by atoms with Crippen LogP contribution in [0.3, 0.4) is 0 Å². The van der Waals surface area contributed by atoms with E-state index in [4.69, 9.17) is 9.47 Å². The lowest BCUT2D eigenvalue weighted by Crippen LogP contribution is -1.99. The predicted octanol–water partition coefficient (Wildman–Crippen LogP) is 4.20. The van der Waals surface area contributed by atoms with Gasteiger partial charge in [0.15, 0.2) is 17.3 Å². The van der Waals surface area contributed by atoms with E-state index in [9.17, 15) is 4.79 Å². The molecule has 0 saturated heterocycles. The Morgan fingerprint density at radius 3 is 2.38 bits per heavy atom. The van der Waals surface area contributed by atoms with Crippen molar-refractivity contribution in [2.75, 3.05) is 13.4 Å². The number of ether oxygens (including phenoxy) is 2. The average molecular weight is 302 g/mol. The Labute approximate surface area is 129 Å². The molecule has 0 aliphatic rings. The van der Waals surface area contributed by atoms with E-state index >= 15 is 0 Å². The van der Waals surface area contributed by atoms with Crippen LogP contribution in [0.1, 0.15) is 22.8 Å². The van der Waals surface area contributed by atoms with Crippen LogP contribution in [0.4, 0.5) is 0 Å². The zero-order valence-corrected chi connectivity index (χ0v) is 13.2. The van der Waals surface area contributed by atoms with Crippen molar-refractivity contribution < 1.29 is 14.3 Å². The highest BCUT2D eigenvalue weighted by molar-refractivity contribution is 7.98. The highest BCUT2D eigenvalue weighted by Crippen LogP contribution is 2.29. The van der Waals surface area contributed by atoms with Crippen molar-refractivity contribution in [3.05, 3.63) is 53.6 Å². The fraction of sp³-hybridized carbons (Fsp3) is 0.235. The second-order valence-electron chi connectivity index (χ2n) is 4.56. The molecule has 0 spiro atoms. The largest absolute Gasteiger partial charge is 0.493 e. The van der Waals surface area contributed by atoms with Gasteiger partial charge in [-0.1, -0.05) is 12.1 Å². The minimum absolute atomic E-state index is 0.00695. The zero-order valence-electron chi connectivity index (χ0n) is 12.4. The SMILES string of the molecule is COc1cc(C(C)=O)ccc1OCc1ccc(SC)cc1. The summed E-state index contributed by atoms with van der Waals surface area (Å²) in [7, 11) is 1.57. The third-order valence-corrected chi connectivity index (χ3v) is 3.87. The van der Waals surface area contributed by atoms with Crippen molar-refractivity contribution in [3.8, 4) is 11.5 Å². The maximum atomic E-state index is 11.4. The third-order valence-electron chi connectivity index (χ3n) is 3.12. The summed E-state index contributed by atoms with van der Waals surface area (Å²) in [6.45, 7) is 1.99. The number of carbonyl (C=O) groups is 1. The number of ketones is 1. The molecule has 0 unspecified atom stereocenters. The van der Waals surface area contributed by atoms with E-state index in [1.807, 2.05) is 18.4 Å². The van der Waals surface area contributed by atoms with Crippen LogP contribution < -0.4 is 9.47 Å². The Balaban J connectivity index is 2.09. The van der Waals surface area contributed by atoms with E-state index in [0.29, 0.717) is 23.7 Å². The van der Waals surface area contributed by atoms with Gasteiger partial charge in [0.2, 0.25) is 0 Å². The molecule has 0 fully saturated rings. The Kier molecular flexibility index (Phi) is 5.28. The zero-order chi connectivity index (χ0) is 15.2. The van der Waals surface area contributed by atoms with Gasteiger partial charge < -0.3 is 9.47 Å². The molecule has 0 bridgehead atoms. The topological polar surface area (TPSA) is 35.5 Å². The number of methoxy groups -OCH3 is 1. The van der Waals surface area contributed by atoms with Gasteiger partial charge >= 0.3 is 0 Å². The molecule has 0 amide bonds. The summed E-state index contributed by atoms with van der Waals surface area (Å²) in [5.41, 5.74) is 1.70. The van der Waals surface area contributed by atoms with E-state index < -0.39 is 0 Å². The summed E-state index contributed by atoms with van der Waals surface area (Å²) < 4.78 is 11.1. The number of Topliss-reactive ketones (excluding diaryl/α,β-unsaturated/α-hetero) is 1. The minimum atomic E-state index is 0.00695. The molecule has 2 rings (SSSR count). The molecule has 21 heavy (non-hydrogen) atoms.